The van der Waals surface area contributed by atoms with Gasteiger partial charge in [-0.3, -0.25) is 0 Å². The molecule has 36 heavy (non-hydrogen) atoms. The average molecular weight is 509 g/mol. The molecule has 0 saturated heterocycles. The van der Waals surface area contributed by atoms with Crippen molar-refractivity contribution in [3.63, 3.8) is 0 Å². The Bertz CT molecular complexity index is 456. The van der Waals surface area contributed by atoms with Crippen LogP contribution in [0.25, 0.3) is 0 Å². The summed E-state index contributed by atoms with van der Waals surface area (Å²) in [7, 11) is 0. The minimum absolute atomic E-state index is 0.425. The first-order valence-corrected chi connectivity index (χ1v) is 15.7. The van der Waals surface area contributed by atoms with Gasteiger partial charge in [0.2, 0.25) is 0 Å². The molecule has 0 rings (SSSR count). The van der Waals surface area contributed by atoms with Crippen LogP contribution in [0.5, 0.6) is 0 Å². The molecule has 0 radical (unpaired) electrons. The summed E-state index contributed by atoms with van der Waals surface area (Å²) >= 11 is 0. The molecule has 0 fully saturated rings. The summed E-state index contributed by atoms with van der Waals surface area (Å²) in [6, 6.07) is 0. The van der Waals surface area contributed by atoms with Crippen molar-refractivity contribution in [2.24, 2.45) is 0 Å². The first kappa shape index (κ1) is 34.7. The molecule has 0 aromatic heterocycles. The summed E-state index contributed by atoms with van der Waals surface area (Å²) in [4.78, 5) is 23.4. The quantitative estimate of drug-likeness (QED) is 0.0599. The van der Waals surface area contributed by atoms with Gasteiger partial charge in [-0.15, -0.1) is 0 Å². The standard InChI is InChI=1S/C32H60O4/c1-3-5-7-9-11-13-15-17-19-21-23-25-29-35-31(33)27-28-32(34)36-30-26-24-22-20-18-16-14-12-10-8-6-4-2/h27-28H,3-26,29-30H2,1-2H3. The number of unbranched alkanes of at least 4 members (excludes halogenated alkanes) is 22. The summed E-state index contributed by atoms with van der Waals surface area (Å²) < 4.78 is 10.3. The van der Waals surface area contributed by atoms with Gasteiger partial charge >= 0.3 is 11.9 Å². The predicted octanol–water partition coefficient (Wildman–Crippen LogP) is 10.0. The number of ether oxygens (including phenoxy) is 2. The Morgan fingerprint density at radius 2 is 0.611 bits per heavy atom. The normalized spacial score (nSPS) is 11.3. The van der Waals surface area contributed by atoms with Crippen LogP contribution in [0.4, 0.5) is 0 Å². The Hall–Kier alpha value is -1.32. The van der Waals surface area contributed by atoms with Crippen LogP contribution in [0.1, 0.15) is 168 Å². The minimum Gasteiger partial charge on any atom is -0.463 e. The van der Waals surface area contributed by atoms with Crippen LogP contribution >= 0.6 is 0 Å². The second kappa shape index (κ2) is 29.9. The number of hydrogen-bond donors (Lipinski definition) is 0. The smallest absolute Gasteiger partial charge is 0.331 e. The zero-order chi connectivity index (χ0) is 26.4. The molecule has 0 unspecified atom stereocenters. The first-order chi connectivity index (χ1) is 17.7. The molecule has 4 heteroatoms. The van der Waals surface area contributed by atoms with Gasteiger partial charge in [-0.25, -0.2) is 9.59 Å². The highest BCUT2D eigenvalue weighted by Crippen LogP contribution is 2.13. The molecule has 0 saturated carbocycles. The van der Waals surface area contributed by atoms with Gasteiger partial charge in [-0.1, -0.05) is 155 Å². The summed E-state index contributed by atoms with van der Waals surface area (Å²) in [5.41, 5.74) is 0. The van der Waals surface area contributed by atoms with E-state index in [1.165, 1.54) is 141 Å². The molecule has 4 nitrogen and oxygen atoms in total. The van der Waals surface area contributed by atoms with Gasteiger partial charge in [-0.2, -0.15) is 0 Å². The van der Waals surface area contributed by atoms with Gasteiger partial charge < -0.3 is 9.47 Å². The molecule has 0 spiro atoms. The fourth-order valence-electron chi connectivity index (χ4n) is 4.46. The van der Waals surface area contributed by atoms with Gasteiger partial charge in [0.25, 0.3) is 0 Å². The van der Waals surface area contributed by atoms with Gasteiger partial charge in [0.15, 0.2) is 0 Å². The number of carbonyl (C=O) groups is 2. The summed E-state index contributed by atoms with van der Waals surface area (Å²) in [6.45, 7) is 5.37. The lowest BCUT2D eigenvalue weighted by Crippen LogP contribution is -2.06. The highest BCUT2D eigenvalue weighted by molar-refractivity contribution is 5.91. The van der Waals surface area contributed by atoms with Crippen molar-refractivity contribution >= 4 is 11.9 Å². The summed E-state index contributed by atoms with van der Waals surface area (Å²) in [5, 5.41) is 0. The molecule has 0 N–H and O–H groups in total. The largest absolute Gasteiger partial charge is 0.463 e. The van der Waals surface area contributed by atoms with Crippen molar-refractivity contribution in [1.29, 1.82) is 0 Å². The lowest BCUT2D eigenvalue weighted by molar-refractivity contribution is -0.140. The molecular formula is C32H60O4. The van der Waals surface area contributed by atoms with E-state index in [9.17, 15) is 9.59 Å². The maximum atomic E-state index is 11.7. The molecule has 0 bridgehead atoms. The van der Waals surface area contributed by atoms with Crippen LogP contribution in [0.2, 0.25) is 0 Å². The lowest BCUT2D eigenvalue weighted by Gasteiger charge is -2.04. The Morgan fingerprint density at radius 3 is 0.861 bits per heavy atom. The SMILES string of the molecule is CCCCCCCCCCCCCCOC(=O)C=CC(=O)OCCCCCCCCCCCCCC. The summed E-state index contributed by atoms with van der Waals surface area (Å²) in [6.07, 6.45) is 33.1. The van der Waals surface area contributed by atoms with E-state index in [1.807, 2.05) is 0 Å². The van der Waals surface area contributed by atoms with Crippen molar-refractivity contribution in [1.82, 2.24) is 0 Å². The van der Waals surface area contributed by atoms with Gasteiger partial charge in [0, 0.05) is 12.2 Å². The van der Waals surface area contributed by atoms with E-state index < -0.39 is 11.9 Å². The van der Waals surface area contributed by atoms with Crippen molar-refractivity contribution in [2.45, 2.75) is 168 Å². The third-order valence-corrected chi connectivity index (χ3v) is 6.84. The molecule has 0 aromatic carbocycles. The van der Waals surface area contributed by atoms with Gasteiger partial charge in [-0.05, 0) is 12.8 Å². The topological polar surface area (TPSA) is 52.6 Å². The average Bonchev–Trinajstić information content (AvgIpc) is 2.88. The minimum atomic E-state index is -0.458. The molecule has 0 aliphatic heterocycles. The number of hydrogen-bond acceptors (Lipinski definition) is 4. The Kier molecular flexibility index (Phi) is 28.8. The Morgan fingerprint density at radius 1 is 0.389 bits per heavy atom. The molecular weight excluding hydrogens is 448 g/mol. The van der Waals surface area contributed by atoms with Crippen LogP contribution in [-0.4, -0.2) is 25.2 Å². The third kappa shape index (κ3) is 28.9. The lowest BCUT2D eigenvalue weighted by atomic mass is 10.1. The second-order valence-electron chi connectivity index (χ2n) is 10.4. The fourth-order valence-corrected chi connectivity index (χ4v) is 4.46. The van der Waals surface area contributed by atoms with E-state index in [0.29, 0.717) is 13.2 Å². The maximum Gasteiger partial charge on any atom is 0.331 e. The van der Waals surface area contributed by atoms with E-state index in [1.54, 1.807) is 0 Å². The number of esters is 2. The van der Waals surface area contributed by atoms with Crippen molar-refractivity contribution in [3.8, 4) is 0 Å². The van der Waals surface area contributed by atoms with Crippen LogP contribution < -0.4 is 0 Å². The molecule has 212 valence electrons. The fraction of sp³-hybridized carbons (Fsp3) is 0.875. The van der Waals surface area contributed by atoms with Crippen LogP contribution in [-0.2, 0) is 19.1 Å². The molecule has 0 atom stereocenters. The highest BCUT2D eigenvalue weighted by atomic mass is 16.5. The van der Waals surface area contributed by atoms with E-state index >= 15 is 0 Å². The second-order valence-corrected chi connectivity index (χ2v) is 10.4. The monoisotopic (exact) mass is 508 g/mol. The Labute approximate surface area is 224 Å². The van der Waals surface area contributed by atoms with Crippen LogP contribution in [0.3, 0.4) is 0 Å². The van der Waals surface area contributed by atoms with E-state index in [4.69, 9.17) is 9.47 Å². The predicted molar refractivity (Wildman–Crippen MR) is 153 cm³/mol. The van der Waals surface area contributed by atoms with Crippen LogP contribution in [0.15, 0.2) is 12.2 Å². The molecule has 0 heterocycles. The van der Waals surface area contributed by atoms with E-state index in [-0.39, 0.29) is 0 Å². The first-order valence-electron chi connectivity index (χ1n) is 15.7. The van der Waals surface area contributed by atoms with Crippen molar-refractivity contribution < 1.29 is 19.1 Å². The number of rotatable bonds is 28. The third-order valence-electron chi connectivity index (χ3n) is 6.84. The zero-order valence-corrected chi connectivity index (χ0v) is 24.2. The maximum absolute atomic E-state index is 11.7. The van der Waals surface area contributed by atoms with Gasteiger partial charge in [0.05, 0.1) is 13.2 Å². The highest BCUT2D eigenvalue weighted by Gasteiger charge is 2.02. The molecule has 0 aliphatic carbocycles. The van der Waals surface area contributed by atoms with Gasteiger partial charge in [0.1, 0.15) is 0 Å². The molecule has 0 amide bonds. The van der Waals surface area contributed by atoms with Crippen molar-refractivity contribution in [2.75, 3.05) is 13.2 Å². The summed E-state index contributed by atoms with van der Waals surface area (Å²) in [5.74, 6) is -0.916. The van der Waals surface area contributed by atoms with E-state index in [0.717, 1.165) is 25.7 Å². The van der Waals surface area contributed by atoms with Crippen molar-refractivity contribution in [3.05, 3.63) is 12.2 Å². The molecule has 0 aliphatic rings. The number of carbonyl (C=O) groups excluding carboxylic acids is 2. The van der Waals surface area contributed by atoms with Crippen LogP contribution in [0, 0.1) is 0 Å². The molecule has 0 aromatic rings. The van der Waals surface area contributed by atoms with E-state index in [2.05, 4.69) is 13.8 Å². The zero-order valence-electron chi connectivity index (χ0n) is 24.2. The Balaban J connectivity index is 3.37.